The van der Waals surface area contributed by atoms with Crippen molar-refractivity contribution < 1.29 is 19.0 Å². The molecule has 0 unspecified atom stereocenters. The number of nitrogens with one attached hydrogen (secondary N) is 1. The summed E-state index contributed by atoms with van der Waals surface area (Å²) in [6, 6.07) is 3.59. The first kappa shape index (κ1) is 18.0. The zero-order valence-electron chi connectivity index (χ0n) is 14.4. The molecule has 1 aromatic carbocycles. The molecule has 1 heterocycles. The van der Waals surface area contributed by atoms with E-state index in [1.165, 1.54) is 11.3 Å². The molecule has 24 heavy (non-hydrogen) atoms. The summed E-state index contributed by atoms with van der Waals surface area (Å²) in [5, 5.41) is 12.0. The van der Waals surface area contributed by atoms with Crippen molar-refractivity contribution in [2.24, 2.45) is 5.92 Å². The van der Waals surface area contributed by atoms with Gasteiger partial charge in [0.2, 0.25) is 16.8 Å². The summed E-state index contributed by atoms with van der Waals surface area (Å²) in [6.07, 6.45) is 0.444. The van der Waals surface area contributed by atoms with Crippen molar-refractivity contribution in [2.45, 2.75) is 20.3 Å². The van der Waals surface area contributed by atoms with Crippen molar-refractivity contribution in [3.05, 3.63) is 12.1 Å². The Labute approximate surface area is 145 Å². The monoisotopic (exact) mass is 351 g/mol. The molecule has 0 aliphatic carbocycles. The summed E-state index contributed by atoms with van der Waals surface area (Å²) < 4.78 is 16.0. The van der Waals surface area contributed by atoms with E-state index < -0.39 is 0 Å². The third-order valence-corrected chi connectivity index (χ3v) is 4.06. The molecule has 0 radical (unpaired) electrons. The topological polar surface area (TPSA) is 82.6 Å². The highest BCUT2D eigenvalue weighted by Gasteiger charge is 2.17. The SMILES string of the molecule is COc1cc(-c2nnc(NC(=O)CC(C)C)s2)cc(OC)c1OC. The molecule has 0 fully saturated rings. The molecule has 130 valence electrons. The average Bonchev–Trinajstić information content (AvgIpc) is 3.00. The van der Waals surface area contributed by atoms with Gasteiger partial charge >= 0.3 is 0 Å². The molecular weight excluding hydrogens is 330 g/mol. The first-order chi connectivity index (χ1) is 11.5. The van der Waals surface area contributed by atoms with Gasteiger partial charge in [-0.2, -0.15) is 0 Å². The van der Waals surface area contributed by atoms with Crippen molar-refractivity contribution in [1.82, 2.24) is 10.2 Å². The number of amides is 1. The minimum Gasteiger partial charge on any atom is -0.493 e. The Bertz CT molecular complexity index is 690. The van der Waals surface area contributed by atoms with E-state index in [2.05, 4.69) is 15.5 Å². The molecule has 1 aromatic heterocycles. The van der Waals surface area contributed by atoms with Crippen LogP contribution in [0, 0.1) is 5.92 Å². The second-order valence-corrected chi connectivity index (χ2v) is 6.45. The number of carbonyl (C=O) groups excluding carboxylic acids is 1. The number of aromatic nitrogens is 2. The minimum absolute atomic E-state index is 0.0717. The molecular formula is C16H21N3O4S. The van der Waals surface area contributed by atoms with E-state index in [-0.39, 0.29) is 11.8 Å². The van der Waals surface area contributed by atoms with Crippen LogP contribution in [0.5, 0.6) is 17.2 Å². The molecule has 0 bridgehead atoms. The molecule has 8 heteroatoms. The standard InChI is InChI=1S/C16H21N3O4S/c1-9(2)6-13(20)17-16-19-18-15(24-16)10-7-11(21-3)14(23-5)12(8-10)22-4/h7-9H,6H2,1-5H3,(H,17,19,20). The van der Waals surface area contributed by atoms with E-state index in [1.807, 2.05) is 13.8 Å². The van der Waals surface area contributed by atoms with E-state index in [0.29, 0.717) is 33.8 Å². The fourth-order valence-electron chi connectivity index (χ4n) is 2.14. The van der Waals surface area contributed by atoms with Crippen LogP contribution in [0.4, 0.5) is 5.13 Å². The Morgan fingerprint density at radius 1 is 1.12 bits per heavy atom. The Kier molecular flexibility index (Phi) is 5.97. The van der Waals surface area contributed by atoms with E-state index >= 15 is 0 Å². The third-order valence-electron chi connectivity index (χ3n) is 3.18. The first-order valence-corrected chi connectivity index (χ1v) is 8.23. The van der Waals surface area contributed by atoms with Gasteiger partial charge in [-0.15, -0.1) is 10.2 Å². The van der Waals surface area contributed by atoms with Gasteiger partial charge in [0.1, 0.15) is 5.01 Å². The maximum atomic E-state index is 11.8. The predicted octanol–water partition coefficient (Wildman–Crippen LogP) is 3.22. The minimum atomic E-state index is -0.0717. The highest BCUT2D eigenvalue weighted by molar-refractivity contribution is 7.18. The number of ether oxygens (including phenoxy) is 3. The molecule has 0 aliphatic rings. The Morgan fingerprint density at radius 2 is 1.75 bits per heavy atom. The van der Waals surface area contributed by atoms with Gasteiger partial charge in [-0.25, -0.2) is 0 Å². The Hall–Kier alpha value is -2.35. The van der Waals surface area contributed by atoms with Gasteiger partial charge in [0.05, 0.1) is 21.3 Å². The smallest absolute Gasteiger partial charge is 0.226 e. The molecule has 0 spiro atoms. The number of hydrogen-bond donors (Lipinski definition) is 1. The van der Waals surface area contributed by atoms with Crippen LogP contribution >= 0.6 is 11.3 Å². The normalized spacial score (nSPS) is 10.6. The van der Waals surface area contributed by atoms with Crippen molar-refractivity contribution in [3.63, 3.8) is 0 Å². The number of anilines is 1. The van der Waals surface area contributed by atoms with E-state index in [1.54, 1.807) is 33.5 Å². The van der Waals surface area contributed by atoms with Crippen LogP contribution in [0.15, 0.2) is 12.1 Å². The molecule has 0 saturated heterocycles. The third kappa shape index (κ3) is 4.14. The van der Waals surface area contributed by atoms with Gasteiger partial charge in [0, 0.05) is 12.0 Å². The Balaban J connectivity index is 2.28. The van der Waals surface area contributed by atoms with Crippen LogP contribution in [-0.2, 0) is 4.79 Å². The summed E-state index contributed by atoms with van der Waals surface area (Å²) in [5.74, 6) is 1.80. The van der Waals surface area contributed by atoms with E-state index in [4.69, 9.17) is 14.2 Å². The lowest BCUT2D eigenvalue weighted by molar-refractivity contribution is -0.116. The molecule has 2 rings (SSSR count). The van der Waals surface area contributed by atoms with Gasteiger partial charge in [0.15, 0.2) is 11.5 Å². The van der Waals surface area contributed by atoms with Crippen molar-refractivity contribution in [2.75, 3.05) is 26.6 Å². The molecule has 7 nitrogen and oxygen atoms in total. The predicted molar refractivity (Wildman–Crippen MR) is 93.1 cm³/mol. The number of rotatable bonds is 7. The van der Waals surface area contributed by atoms with Gasteiger partial charge in [-0.3, -0.25) is 4.79 Å². The second kappa shape index (κ2) is 7.96. The zero-order chi connectivity index (χ0) is 17.7. The summed E-state index contributed by atoms with van der Waals surface area (Å²) in [4.78, 5) is 11.8. The lowest BCUT2D eigenvalue weighted by atomic mass is 10.1. The van der Waals surface area contributed by atoms with Crippen LogP contribution in [0.2, 0.25) is 0 Å². The summed E-state index contributed by atoms with van der Waals surface area (Å²) >= 11 is 1.29. The maximum absolute atomic E-state index is 11.8. The van der Waals surface area contributed by atoms with Crippen molar-refractivity contribution >= 4 is 22.4 Å². The number of hydrogen-bond acceptors (Lipinski definition) is 7. The Morgan fingerprint density at radius 3 is 2.25 bits per heavy atom. The van der Waals surface area contributed by atoms with Crippen LogP contribution in [-0.4, -0.2) is 37.4 Å². The number of benzene rings is 1. The molecule has 2 aromatic rings. The van der Waals surface area contributed by atoms with Crippen LogP contribution in [0.1, 0.15) is 20.3 Å². The fraction of sp³-hybridized carbons (Fsp3) is 0.438. The molecule has 1 N–H and O–H groups in total. The molecule has 0 saturated carbocycles. The van der Waals surface area contributed by atoms with E-state index in [0.717, 1.165) is 5.56 Å². The van der Waals surface area contributed by atoms with E-state index in [9.17, 15) is 4.79 Å². The van der Waals surface area contributed by atoms with Gasteiger partial charge in [0.25, 0.3) is 0 Å². The molecule has 0 aliphatic heterocycles. The second-order valence-electron chi connectivity index (χ2n) is 5.47. The van der Waals surface area contributed by atoms with Crippen LogP contribution in [0.3, 0.4) is 0 Å². The average molecular weight is 351 g/mol. The van der Waals surface area contributed by atoms with Gasteiger partial charge in [-0.05, 0) is 18.1 Å². The van der Waals surface area contributed by atoms with Gasteiger partial charge < -0.3 is 19.5 Å². The van der Waals surface area contributed by atoms with Crippen molar-refractivity contribution in [3.8, 4) is 27.8 Å². The van der Waals surface area contributed by atoms with Crippen molar-refractivity contribution in [1.29, 1.82) is 0 Å². The summed E-state index contributed by atoms with van der Waals surface area (Å²) in [6.45, 7) is 3.97. The molecule has 1 amide bonds. The highest BCUT2D eigenvalue weighted by atomic mass is 32.1. The quantitative estimate of drug-likeness (QED) is 0.825. The lowest BCUT2D eigenvalue weighted by Crippen LogP contribution is -2.13. The largest absolute Gasteiger partial charge is 0.493 e. The highest BCUT2D eigenvalue weighted by Crippen LogP contribution is 2.42. The first-order valence-electron chi connectivity index (χ1n) is 7.42. The lowest BCUT2D eigenvalue weighted by Gasteiger charge is -2.13. The number of nitrogens with zero attached hydrogens (tertiary/aromatic N) is 2. The van der Waals surface area contributed by atoms with Gasteiger partial charge in [-0.1, -0.05) is 25.2 Å². The number of carbonyl (C=O) groups is 1. The fourth-order valence-corrected chi connectivity index (χ4v) is 2.88. The maximum Gasteiger partial charge on any atom is 0.226 e. The number of methoxy groups -OCH3 is 3. The van der Waals surface area contributed by atoms with Crippen LogP contribution < -0.4 is 19.5 Å². The molecule has 0 atom stereocenters. The summed E-state index contributed by atoms with van der Waals surface area (Å²) in [5.41, 5.74) is 0.770. The zero-order valence-corrected chi connectivity index (χ0v) is 15.2. The van der Waals surface area contributed by atoms with Crippen LogP contribution in [0.25, 0.3) is 10.6 Å². The summed E-state index contributed by atoms with van der Waals surface area (Å²) in [7, 11) is 4.66.